The van der Waals surface area contributed by atoms with Crippen LogP contribution in [-0.2, 0) is 0 Å². The normalized spacial score (nSPS) is 20.2. The van der Waals surface area contributed by atoms with E-state index in [0.717, 1.165) is 65.0 Å². The molecule has 0 heterocycles. The highest BCUT2D eigenvalue weighted by Gasteiger charge is 2.41. The predicted molar refractivity (Wildman–Crippen MR) is 362 cm³/mol. The molecule has 3 N–H and O–H groups in total. The van der Waals surface area contributed by atoms with Gasteiger partial charge in [-0.2, -0.15) is 0 Å². The summed E-state index contributed by atoms with van der Waals surface area (Å²) in [5.74, 6) is 2.47. The van der Waals surface area contributed by atoms with Gasteiger partial charge in [-0.15, -0.1) is 0 Å². The van der Waals surface area contributed by atoms with Gasteiger partial charge in [0.1, 0.15) is 11.5 Å². The molecule has 0 atom stereocenters. The second-order valence-electron chi connectivity index (χ2n) is 26.0. The molecule has 0 saturated heterocycles. The van der Waals surface area contributed by atoms with Crippen molar-refractivity contribution in [2.45, 2.75) is 196 Å². The van der Waals surface area contributed by atoms with Crippen LogP contribution in [0.25, 0.3) is 33.4 Å². The van der Waals surface area contributed by atoms with Crippen LogP contribution < -0.4 is 10.1 Å². The molecule has 7 aromatic rings. The van der Waals surface area contributed by atoms with Gasteiger partial charge in [0.2, 0.25) is 5.78 Å². The number of rotatable bonds is 24. The zero-order chi connectivity index (χ0) is 60.4. The average Bonchev–Trinajstić information content (AvgIpc) is 0.782. The Morgan fingerprint density at radius 1 is 0.471 bits per heavy atom. The minimum Gasteiger partial charge on any atom is -0.507 e. The molecule has 87 heavy (non-hydrogen) atoms. The molecule has 4 aliphatic rings. The van der Waals surface area contributed by atoms with Gasteiger partial charge in [-0.05, 0) is 182 Å². The van der Waals surface area contributed by atoms with E-state index in [9.17, 15) is 10.2 Å². The molecule has 0 bridgehead atoms. The van der Waals surface area contributed by atoms with Crippen molar-refractivity contribution in [3.63, 3.8) is 0 Å². The number of phenols is 2. The van der Waals surface area contributed by atoms with E-state index in [1.165, 1.54) is 151 Å². The lowest BCUT2D eigenvalue weighted by Crippen LogP contribution is -2.24. The van der Waals surface area contributed by atoms with Crippen LogP contribution in [0.5, 0.6) is 17.2 Å². The first kappa shape index (κ1) is 62.6. The first-order chi connectivity index (χ1) is 42.5. The van der Waals surface area contributed by atoms with E-state index in [-0.39, 0.29) is 49.4 Å². The van der Waals surface area contributed by atoms with Crippen molar-refractivity contribution < 1.29 is 24.5 Å². The van der Waals surface area contributed by atoms with Crippen LogP contribution in [-0.4, -0.2) is 28.4 Å². The summed E-state index contributed by atoms with van der Waals surface area (Å²) in [6, 6.07) is 42.2. The molecule has 0 amide bonds. The Kier molecular flexibility index (Phi) is 21.3. The second-order valence-corrected chi connectivity index (χ2v) is 27.9. The van der Waals surface area contributed by atoms with Gasteiger partial charge in [0.25, 0.3) is 0 Å². The van der Waals surface area contributed by atoms with Crippen molar-refractivity contribution in [3.05, 3.63) is 171 Å². The minimum atomic E-state index is -0.599. The van der Waals surface area contributed by atoms with Gasteiger partial charge in [-0.1, -0.05) is 224 Å². The molecule has 0 radical (unpaired) electrons. The summed E-state index contributed by atoms with van der Waals surface area (Å²) in [6.07, 6.45) is 30.2. The van der Waals surface area contributed by atoms with Crippen LogP contribution in [0, 0.1) is 23.7 Å². The molecule has 6 nitrogen and oxygen atoms in total. The smallest absolute Gasteiger partial charge is 0.200 e. The number of benzene rings is 7. The Hall–Kier alpha value is -5.99. The Morgan fingerprint density at radius 2 is 0.908 bits per heavy atom. The maximum atomic E-state index is 15.8. The van der Waals surface area contributed by atoms with E-state index in [4.69, 9.17) is 27.9 Å². The maximum absolute atomic E-state index is 15.8. The fraction of sp³-hybridized carbons (Fsp3) is 0.436. The van der Waals surface area contributed by atoms with Crippen molar-refractivity contribution in [1.29, 1.82) is 0 Å². The first-order valence-electron chi connectivity index (χ1n) is 33.3. The number of anilines is 2. The van der Waals surface area contributed by atoms with Gasteiger partial charge in [-0.25, -0.2) is 0 Å². The van der Waals surface area contributed by atoms with Gasteiger partial charge in [0.05, 0.1) is 44.6 Å². The highest BCUT2D eigenvalue weighted by atomic mass is 35.5. The van der Waals surface area contributed by atoms with Crippen molar-refractivity contribution in [2.75, 3.05) is 11.9 Å². The SMILES string of the molecule is CCCCCC1CCC(COc2c(Cl)cc(-c3cc(Sc4ccc(-c5ccc(C6CCC(CCCCC)CC6)cc5)cc4)c4c(c3O)C(=O)c3c(Nc5ccccc5)cc(-c5ccc(C6CCC(CCCCC)CC6)cc5)c(O)c3C4=O)cc2Cl)CC1. The number of hydrogen-bond acceptors (Lipinski definition) is 7. The van der Waals surface area contributed by atoms with Crippen molar-refractivity contribution in [2.24, 2.45) is 23.7 Å². The standard InChI is InChI=1S/C78H89Cl2NO5S/c1-4-7-11-16-50-21-23-53(24-22-50)49-86-78-66(79)45-61(46-67(78)80)65-48-69(87-63-43-41-59(42-44-63)57-35-33-56(34-36-57)54-29-25-51(26-30-54)17-12-8-5-2)71-73(75(65)83)76(84)70-68(81-62-19-14-10-15-20-62)47-64(74(82)72(70)77(71)85)60-39-37-58(38-40-60)55-31-27-52(28-32-55)18-13-9-6-3/h10,14-15,19-20,33-48,50-55,81-83H,4-9,11-13,16-18,21-32,49H2,1-3H3. The molecule has 3 saturated carbocycles. The maximum Gasteiger partial charge on any atom is 0.200 e. The molecule has 9 heteroatoms. The Bertz CT molecular complexity index is 3440. The lowest BCUT2D eigenvalue weighted by atomic mass is 9.76. The molecule has 3 fully saturated rings. The number of carbonyl (C=O) groups is 2. The zero-order valence-corrected chi connectivity index (χ0v) is 53.9. The quantitative estimate of drug-likeness (QED) is 0.0410. The topological polar surface area (TPSA) is 95.9 Å². The van der Waals surface area contributed by atoms with Crippen LogP contribution in [0.4, 0.5) is 11.4 Å². The number of halogens is 2. The predicted octanol–water partition coefficient (Wildman–Crippen LogP) is 23.5. The van der Waals surface area contributed by atoms with Gasteiger partial charge < -0.3 is 20.3 Å². The van der Waals surface area contributed by atoms with Crippen LogP contribution in [0.2, 0.25) is 10.0 Å². The van der Waals surface area contributed by atoms with Crippen LogP contribution in [0.15, 0.2) is 137 Å². The number of aromatic hydroxyl groups is 2. The lowest BCUT2D eigenvalue weighted by Gasteiger charge is -2.29. The molecule has 4 aliphatic carbocycles. The lowest BCUT2D eigenvalue weighted by molar-refractivity contribution is 0.0972. The van der Waals surface area contributed by atoms with Crippen LogP contribution in [0.3, 0.4) is 0 Å². The Labute approximate surface area is 532 Å². The van der Waals surface area contributed by atoms with E-state index in [1.54, 1.807) is 24.3 Å². The summed E-state index contributed by atoms with van der Waals surface area (Å²) in [5, 5.41) is 29.4. The third-order valence-corrected chi connectivity index (χ3v) is 21.7. The number of fused-ring (bicyclic) bond motifs is 2. The van der Waals surface area contributed by atoms with E-state index in [2.05, 4.69) is 74.6 Å². The Morgan fingerprint density at radius 3 is 1.41 bits per heavy atom. The number of ether oxygens (including phenoxy) is 1. The van der Waals surface area contributed by atoms with E-state index < -0.39 is 11.6 Å². The molecule has 456 valence electrons. The van der Waals surface area contributed by atoms with Gasteiger partial charge in [0, 0.05) is 26.6 Å². The average molecular weight is 1220 g/mol. The fourth-order valence-corrected chi connectivity index (χ4v) is 16.5. The number of phenolic OH excluding ortho intramolecular Hbond substituents is 2. The number of hydrogen-bond donors (Lipinski definition) is 3. The number of ketones is 2. The number of para-hydroxylation sites is 1. The van der Waals surface area contributed by atoms with E-state index in [0.29, 0.717) is 57.5 Å². The van der Waals surface area contributed by atoms with Crippen molar-refractivity contribution in [3.8, 4) is 50.6 Å². The molecule has 7 aromatic carbocycles. The molecule has 0 aliphatic heterocycles. The second kappa shape index (κ2) is 29.5. The number of nitrogens with one attached hydrogen (secondary N) is 1. The Balaban J connectivity index is 0.924. The first-order valence-corrected chi connectivity index (χ1v) is 34.9. The highest BCUT2D eigenvalue weighted by Crippen LogP contribution is 2.52. The van der Waals surface area contributed by atoms with Crippen LogP contribution >= 0.6 is 35.0 Å². The number of carbonyl (C=O) groups excluding carboxylic acids is 2. The summed E-state index contributed by atoms with van der Waals surface area (Å²) in [6.45, 7) is 7.31. The van der Waals surface area contributed by atoms with E-state index in [1.807, 2.05) is 54.6 Å². The summed E-state index contributed by atoms with van der Waals surface area (Å²) in [4.78, 5) is 32.8. The third-order valence-electron chi connectivity index (χ3n) is 20.1. The molecule has 0 spiro atoms. The largest absolute Gasteiger partial charge is 0.507 e. The monoisotopic (exact) mass is 1220 g/mol. The third kappa shape index (κ3) is 14.7. The van der Waals surface area contributed by atoms with Gasteiger partial charge >= 0.3 is 0 Å². The van der Waals surface area contributed by atoms with Crippen molar-refractivity contribution in [1.82, 2.24) is 0 Å². The van der Waals surface area contributed by atoms with E-state index >= 15 is 9.59 Å². The number of unbranched alkanes of at least 4 members (excludes halogenated alkanes) is 6. The van der Waals surface area contributed by atoms with Gasteiger partial charge in [0.15, 0.2) is 11.5 Å². The molecule has 0 aromatic heterocycles. The summed E-state index contributed by atoms with van der Waals surface area (Å²) in [5.41, 5.74) is 7.53. The summed E-state index contributed by atoms with van der Waals surface area (Å²) < 4.78 is 6.42. The molecule has 0 unspecified atom stereocenters. The van der Waals surface area contributed by atoms with Crippen molar-refractivity contribution >= 4 is 57.9 Å². The fourth-order valence-electron chi connectivity index (χ4n) is 14.9. The zero-order valence-electron chi connectivity index (χ0n) is 51.5. The molecular formula is C78H89Cl2NO5S. The summed E-state index contributed by atoms with van der Waals surface area (Å²) in [7, 11) is 0. The van der Waals surface area contributed by atoms with Gasteiger partial charge in [-0.3, -0.25) is 9.59 Å². The molecular weight excluding hydrogens is 1130 g/mol. The molecule has 11 rings (SSSR count). The minimum absolute atomic E-state index is 0.0180. The van der Waals surface area contributed by atoms with Crippen LogP contribution in [0.1, 0.15) is 230 Å². The summed E-state index contributed by atoms with van der Waals surface area (Å²) >= 11 is 15.6. The highest BCUT2D eigenvalue weighted by molar-refractivity contribution is 7.99.